The number of nitrogens with one attached hydrogen (secondary N) is 1. The van der Waals surface area contributed by atoms with Gasteiger partial charge in [-0.05, 0) is 50.1 Å². The number of sulfonamides is 1. The van der Waals surface area contributed by atoms with Gasteiger partial charge in [0.05, 0.1) is 12.7 Å². The van der Waals surface area contributed by atoms with Crippen molar-refractivity contribution in [3.63, 3.8) is 0 Å². The molecule has 0 aliphatic carbocycles. The van der Waals surface area contributed by atoms with E-state index in [0.29, 0.717) is 46.7 Å². The molecule has 2 aliphatic rings. The largest absolute Gasteiger partial charge is 0.465 e. The highest BCUT2D eigenvalue weighted by molar-refractivity contribution is 7.91. The summed E-state index contributed by atoms with van der Waals surface area (Å²) >= 11 is 2.64. The minimum atomic E-state index is -3.51. The maximum Gasteiger partial charge on any atom is 0.341 e. The fourth-order valence-electron chi connectivity index (χ4n) is 4.38. The van der Waals surface area contributed by atoms with Gasteiger partial charge < -0.3 is 10.1 Å². The van der Waals surface area contributed by atoms with E-state index in [0.717, 1.165) is 30.0 Å². The fourth-order valence-corrected chi connectivity index (χ4v) is 8.26. The lowest BCUT2D eigenvalue weighted by Crippen LogP contribution is -2.41. The van der Waals surface area contributed by atoms with E-state index >= 15 is 0 Å². The normalized spacial score (nSPS) is 18.3. The Balaban J connectivity index is 1.46. The number of nitrogens with zero attached hydrogens (tertiary/aromatic N) is 2. The monoisotopic (exact) mass is 511 g/mol. The molecule has 2 aromatic rings. The van der Waals surface area contributed by atoms with E-state index in [9.17, 15) is 18.0 Å². The van der Waals surface area contributed by atoms with E-state index < -0.39 is 16.0 Å². The van der Waals surface area contributed by atoms with Crippen molar-refractivity contribution in [2.24, 2.45) is 5.92 Å². The predicted octanol–water partition coefficient (Wildman–Crippen LogP) is 3.40. The average molecular weight is 512 g/mol. The minimum Gasteiger partial charge on any atom is -0.465 e. The molecular weight excluding hydrogens is 482 g/mol. The number of amides is 1. The zero-order valence-electron chi connectivity index (χ0n) is 19.0. The fraction of sp³-hybridized carbons (Fsp3) is 0.545. The van der Waals surface area contributed by atoms with Crippen LogP contribution in [0.4, 0.5) is 5.00 Å². The van der Waals surface area contributed by atoms with E-state index in [4.69, 9.17) is 4.74 Å². The van der Waals surface area contributed by atoms with Crippen LogP contribution < -0.4 is 5.32 Å². The first-order valence-corrected chi connectivity index (χ1v) is 14.2. The number of anilines is 1. The molecular formula is C22H29N3O5S3. The molecule has 1 amide bonds. The standard InChI is InChI=1S/C22H29N3O5S3/c1-14(2)24-9-8-16-17(13-24)32-21(19(16)22(27)30-3)23-20(26)15-6-10-25(11-7-15)33(28,29)18-5-4-12-31-18/h4-5,12,14-15H,6-11,13H2,1-3H3,(H,23,26). The molecule has 0 bridgehead atoms. The van der Waals surface area contributed by atoms with Crippen molar-refractivity contribution in [2.45, 2.75) is 49.9 Å². The SMILES string of the molecule is COC(=O)c1c(NC(=O)C2CCN(S(=O)(=O)c3cccs3)CC2)sc2c1CCN(C(C)C)C2. The van der Waals surface area contributed by atoms with Crippen LogP contribution in [0, 0.1) is 5.92 Å². The van der Waals surface area contributed by atoms with Crippen LogP contribution in [0.25, 0.3) is 0 Å². The van der Waals surface area contributed by atoms with Crippen LogP contribution in [0.15, 0.2) is 21.7 Å². The summed E-state index contributed by atoms with van der Waals surface area (Å²) in [5.41, 5.74) is 1.43. The summed E-state index contributed by atoms with van der Waals surface area (Å²) in [7, 11) is -2.15. The topological polar surface area (TPSA) is 96.0 Å². The molecule has 2 aromatic heterocycles. The first kappa shape index (κ1) is 24.3. The number of methoxy groups -OCH3 is 1. The van der Waals surface area contributed by atoms with E-state index in [1.54, 1.807) is 17.5 Å². The number of hydrogen-bond acceptors (Lipinski definition) is 8. The summed E-state index contributed by atoms with van der Waals surface area (Å²) in [6, 6.07) is 3.72. The second-order valence-corrected chi connectivity index (χ2v) is 12.8. The Labute approximate surface area is 202 Å². The van der Waals surface area contributed by atoms with Gasteiger partial charge in [0.25, 0.3) is 10.0 Å². The van der Waals surface area contributed by atoms with Gasteiger partial charge in [-0.1, -0.05) is 6.07 Å². The first-order chi connectivity index (χ1) is 15.7. The van der Waals surface area contributed by atoms with Gasteiger partial charge in [-0.25, -0.2) is 13.2 Å². The van der Waals surface area contributed by atoms with Crippen molar-refractivity contribution in [1.29, 1.82) is 0 Å². The summed E-state index contributed by atoms with van der Waals surface area (Å²) in [4.78, 5) is 29.0. The highest BCUT2D eigenvalue weighted by Crippen LogP contribution is 2.38. The van der Waals surface area contributed by atoms with Crippen LogP contribution in [-0.4, -0.2) is 62.3 Å². The van der Waals surface area contributed by atoms with Crippen molar-refractivity contribution in [3.05, 3.63) is 33.5 Å². The van der Waals surface area contributed by atoms with Crippen LogP contribution in [-0.2, 0) is 32.5 Å². The number of fused-ring (bicyclic) bond motifs is 1. The molecule has 1 saturated heterocycles. The molecule has 0 atom stereocenters. The van der Waals surface area contributed by atoms with Crippen molar-refractivity contribution in [3.8, 4) is 0 Å². The number of hydrogen-bond donors (Lipinski definition) is 1. The Kier molecular flexibility index (Phi) is 7.25. The lowest BCUT2D eigenvalue weighted by Gasteiger charge is -2.30. The molecule has 4 heterocycles. The summed E-state index contributed by atoms with van der Waals surface area (Å²) in [6.07, 6.45) is 1.62. The van der Waals surface area contributed by atoms with E-state index in [1.165, 1.54) is 34.1 Å². The van der Waals surface area contributed by atoms with Gasteiger partial charge in [-0.15, -0.1) is 22.7 Å². The molecule has 1 fully saturated rings. The maximum absolute atomic E-state index is 13.1. The average Bonchev–Trinajstić information content (AvgIpc) is 3.46. The number of thiophene rings is 2. The predicted molar refractivity (Wildman–Crippen MR) is 129 cm³/mol. The summed E-state index contributed by atoms with van der Waals surface area (Å²) < 4.78 is 32.3. The third kappa shape index (κ3) is 4.88. The number of esters is 1. The van der Waals surface area contributed by atoms with Crippen LogP contribution in [0.3, 0.4) is 0 Å². The highest BCUT2D eigenvalue weighted by Gasteiger charge is 2.34. The van der Waals surface area contributed by atoms with Crippen LogP contribution >= 0.6 is 22.7 Å². The highest BCUT2D eigenvalue weighted by atomic mass is 32.2. The van der Waals surface area contributed by atoms with E-state index in [2.05, 4.69) is 24.1 Å². The number of carbonyl (C=O) groups excluding carboxylic acids is 2. The number of piperidine rings is 1. The molecule has 180 valence electrons. The zero-order valence-corrected chi connectivity index (χ0v) is 21.4. The second kappa shape index (κ2) is 9.83. The third-order valence-electron chi connectivity index (χ3n) is 6.36. The van der Waals surface area contributed by atoms with Crippen molar-refractivity contribution < 1.29 is 22.7 Å². The second-order valence-electron chi connectivity index (χ2n) is 8.61. The van der Waals surface area contributed by atoms with Gasteiger partial charge in [0.2, 0.25) is 5.91 Å². The van der Waals surface area contributed by atoms with Gasteiger partial charge in [-0.3, -0.25) is 9.69 Å². The quantitative estimate of drug-likeness (QED) is 0.597. The minimum absolute atomic E-state index is 0.173. The summed E-state index contributed by atoms with van der Waals surface area (Å²) in [5, 5.41) is 5.25. The number of rotatable bonds is 6. The third-order valence-corrected chi connectivity index (χ3v) is 10.8. The molecule has 0 spiro atoms. The molecule has 2 aliphatic heterocycles. The van der Waals surface area contributed by atoms with Crippen LogP contribution in [0.2, 0.25) is 0 Å². The van der Waals surface area contributed by atoms with E-state index in [-0.39, 0.29) is 11.8 Å². The lowest BCUT2D eigenvalue weighted by molar-refractivity contribution is -0.120. The number of carbonyl (C=O) groups is 2. The van der Waals surface area contributed by atoms with Crippen LogP contribution in [0.1, 0.15) is 47.5 Å². The zero-order chi connectivity index (χ0) is 23.8. The Bertz CT molecular complexity index is 1120. The Morgan fingerprint density at radius 2 is 1.94 bits per heavy atom. The van der Waals surface area contributed by atoms with Crippen LogP contribution in [0.5, 0.6) is 0 Å². The van der Waals surface area contributed by atoms with Crippen molar-refractivity contribution in [2.75, 3.05) is 32.1 Å². The van der Waals surface area contributed by atoms with Crippen molar-refractivity contribution >= 4 is 49.6 Å². The molecule has 33 heavy (non-hydrogen) atoms. The molecule has 0 saturated carbocycles. The molecule has 4 rings (SSSR count). The Morgan fingerprint density at radius 3 is 2.55 bits per heavy atom. The smallest absolute Gasteiger partial charge is 0.341 e. The summed E-state index contributed by atoms with van der Waals surface area (Å²) in [6.45, 7) is 6.49. The van der Waals surface area contributed by atoms with Gasteiger partial charge >= 0.3 is 5.97 Å². The molecule has 0 aromatic carbocycles. The Morgan fingerprint density at radius 1 is 1.21 bits per heavy atom. The maximum atomic E-state index is 13.1. The molecule has 8 nitrogen and oxygen atoms in total. The number of ether oxygens (including phenoxy) is 1. The van der Waals surface area contributed by atoms with Gasteiger partial charge in [-0.2, -0.15) is 4.31 Å². The first-order valence-electron chi connectivity index (χ1n) is 11.0. The van der Waals surface area contributed by atoms with Gasteiger partial charge in [0.1, 0.15) is 9.21 Å². The molecule has 0 radical (unpaired) electrons. The summed E-state index contributed by atoms with van der Waals surface area (Å²) in [5.74, 6) is -0.915. The molecule has 0 unspecified atom stereocenters. The Hall–Kier alpha value is -1.79. The van der Waals surface area contributed by atoms with Crippen molar-refractivity contribution in [1.82, 2.24) is 9.21 Å². The molecule has 11 heteroatoms. The van der Waals surface area contributed by atoms with Gasteiger partial charge in [0, 0.05) is 43.0 Å². The van der Waals surface area contributed by atoms with Gasteiger partial charge in [0.15, 0.2) is 0 Å². The van der Waals surface area contributed by atoms with E-state index in [1.807, 2.05) is 0 Å². The lowest BCUT2D eigenvalue weighted by atomic mass is 9.97. The molecule has 1 N–H and O–H groups in total.